The highest BCUT2D eigenvalue weighted by molar-refractivity contribution is 7.99. The third-order valence-corrected chi connectivity index (χ3v) is 7.71. The Morgan fingerprint density at radius 3 is 2.42 bits per heavy atom. The van der Waals surface area contributed by atoms with Crippen molar-refractivity contribution in [2.45, 2.75) is 31.5 Å². The van der Waals surface area contributed by atoms with E-state index in [4.69, 9.17) is 24.0 Å². The second-order valence-corrected chi connectivity index (χ2v) is 11.4. The van der Waals surface area contributed by atoms with E-state index in [9.17, 15) is 33.9 Å². The van der Waals surface area contributed by atoms with Gasteiger partial charge >= 0.3 is 15.6 Å². The van der Waals surface area contributed by atoms with Crippen molar-refractivity contribution in [1.82, 2.24) is 19.5 Å². The molecule has 0 amide bonds. The summed E-state index contributed by atoms with van der Waals surface area (Å²) >= 11 is 1.23. The molecular weight excluding hydrogens is 548 g/mol. The number of H-pyrrole nitrogens is 1. The number of anilines is 1. The molecule has 0 aliphatic carbocycles. The summed E-state index contributed by atoms with van der Waals surface area (Å²) in [5.74, 6) is 0.354. The molecule has 204 valence electrons. The summed E-state index contributed by atoms with van der Waals surface area (Å²) in [6.07, 6.45) is -4.30. The molecule has 0 radical (unpaired) electrons. The van der Waals surface area contributed by atoms with Gasteiger partial charge in [-0.05, 0) is 6.92 Å². The predicted molar refractivity (Wildman–Crippen MR) is 125 cm³/mol. The molecule has 2 aromatic rings. The molecule has 0 aromatic carbocycles. The second-order valence-electron chi connectivity index (χ2n) is 7.25. The first-order valence-corrected chi connectivity index (χ1v) is 14.6. The largest absolute Gasteiger partial charge is 0.472 e. The Kier molecular flexibility index (Phi) is 10.1. The molecule has 6 atom stereocenters. The van der Waals surface area contributed by atoms with Crippen molar-refractivity contribution in [2.24, 2.45) is 0 Å². The summed E-state index contributed by atoms with van der Waals surface area (Å²) in [5, 5.41) is 20.7. The number of nitrogens with zero attached hydrogens (tertiary/aromatic N) is 3. The lowest BCUT2D eigenvalue weighted by Gasteiger charge is -2.17. The fourth-order valence-electron chi connectivity index (χ4n) is 3.16. The van der Waals surface area contributed by atoms with Crippen molar-refractivity contribution in [3.63, 3.8) is 0 Å². The van der Waals surface area contributed by atoms with E-state index < -0.39 is 52.4 Å². The van der Waals surface area contributed by atoms with E-state index in [1.807, 2.05) is 0 Å². The van der Waals surface area contributed by atoms with Gasteiger partial charge in [0, 0.05) is 11.5 Å². The molecule has 1 aliphatic rings. The molecule has 0 spiro atoms. The number of nitrogens with one attached hydrogen (secondary N) is 1. The Labute approximate surface area is 208 Å². The van der Waals surface area contributed by atoms with Crippen molar-refractivity contribution >= 4 is 44.5 Å². The van der Waals surface area contributed by atoms with Gasteiger partial charge in [0.25, 0.3) is 5.56 Å². The third-order valence-electron chi connectivity index (χ3n) is 4.72. The summed E-state index contributed by atoms with van der Waals surface area (Å²) in [4.78, 5) is 41.2. The minimum absolute atomic E-state index is 0.00725. The van der Waals surface area contributed by atoms with Crippen molar-refractivity contribution in [2.75, 3.05) is 43.7 Å². The van der Waals surface area contributed by atoms with E-state index >= 15 is 0 Å². The molecule has 3 heterocycles. The van der Waals surface area contributed by atoms with Crippen LogP contribution in [0, 0.1) is 0 Å². The number of fused-ring (bicyclic) bond motifs is 1. The Bertz CT molecular complexity index is 1180. The van der Waals surface area contributed by atoms with E-state index in [0.29, 0.717) is 5.75 Å². The molecule has 0 saturated carbocycles. The number of hydrogen-bond acceptors (Lipinski definition) is 14. The monoisotopic (exact) mass is 575 g/mol. The normalized spacial score (nSPS) is 25.7. The Balaban J connectivity index is 1.45. The number of imidazole rings is 1. The summed E-state index contributed by atoms with van der Waals surface area (Å²) < 4.78 is 49.2. The first-order chi connectivity index (χ1) is 16.9. The molecule has 36 heavy (non-hydrogen) atoms. The fourth-order valence-corrected chi connectivity index (χ4v) is 5.46. The number of aromatic nitrogens is 4. The van der Waals surface area contributed by atoms with Crippen LogP contribution in [0.25, 0.3) is 11.2 Å². The molecule has 1 fully saturated rings. The van der Waals surface area contributed by atoms with Crippen LogP contribution in [-0.2, 0) is 32.0 Å². The Morgan fingerprint density at radius 2 is 1.78 bits per heavy atom. The maximum Gasteiger partial charge on any atom is 0.472 e. The molecule has 1 saturated heterocycles. The first-order valence-electron chi connectivity index (χ1n) is 10.5. The standard InChI is InChI=1S/C16H27N5O12P2S/c1-2-29-34(25,26)30-3-5-36-6-4-31-35(27,28)32-7-9-11(22)12(23)15(33-9)21-8-18-10-13(21)19-16(17)20-14(10)24/h8-9,11-12,15,22-23H,2-7H2,1H3,(H,25,26)(H,27,28)(H3,17,19,20,24)/t9-,11-,12-,15-/m1/s1. The van der Waals surface area contributed by atoms with Crippen molar-refractivity contribution in [3.8, 4) is 0 Å². The number of ether oxygens (including phenoxy) is 1. The van der Waals surface area contributed by atoms with Crippen molar-refractivity contribution in [1.29, 1.82) is 0 Å². The highest BCUT2D eigenvalue weighted by atomic mass is 32.2. The lowest BCUT2D eigenvalue weighted by molar-refractivity contribution is -0.0512. The van der Waals surface area contributed by atoms with E-state index in [0.717, 1.165) is 0 Å². The average Bonchev–Trinajstić information content (AvgIpc) is 3.33. The van der Waals surface area contributed by atoms with E-state index in [2.05, 4.69) is 19.5 Å². The quantitative estimate of drug-likeness (QED) is 0.121. The minimum Gasteiger partial charge on any atom is -0.387 e. The number of aliphatic hydroxyl groups excluding tert-OH is 2. The van der Waals surface area contributed by atoms with Crippen LogP contribution in [0.4, 0.5) is 5.95 Å². The fraction of sp³-hybridized carbons (Fsp3) is 0.688. The SMILES string of the molecule is CCOP(=O)(O)OCCSCCOP(=O)(O)OC[C@H]1O[C@@H](n2cnc3c(=O)[nH]c(N)nc32)[C@H](O)[C@@H]1O. The molecule has 20 heteroatoms. The predicted octanol–water partition coefficient (Wildman–Crippen LogP) is -0.659. The lowest BCUT2D eigenvalue weighted by atomic mass is 10.1. The van der Waals surface area contributed by atoms with E-state index in [-0.39, 0.29) is 42.7 Å². The average molecular weight is 575 g/mol. The number of nitrogen functional groups attached to an aromatic ring is 1. The zero-order chi connectivity index (χ0) is 26.5. The van der Waals surface area contributed by atoms with Gasteiger partial charge < -0.3 is 30.5 Å². The maximum atomic E-state index is 12.1. The number of phosphoric acid groups is 2. The molecule has 0 bridgehead atoms. The summed E-state index contributed by atoms with van der Waals surface area (Å²) in [6, 6.07) is 0. The van der Waals surface area contributed by atoms with Crippen molar-refractivity contribution in [3.05, 3.63) is 16.7 Å². The number of rotatable bonds is 14. The number of hydrogen-bond donors (Lipinski definition) is 6. The lowest BCUT2D eigenvalue weighted by Crippen LogP contribution is -2.33. The number of aliphatic hydroxyl groups is 2. The molecular formula is C16H27N5O12P2S. The van der Waals surface area contributed by atoms with Crippen LogP contribution < -0.4 is 11.3 Å². The van der Waals surface area contributed by atoms with Gasteiger partial charge in [-0.2, -0.15) is 16.7 Å². The summed E-state index contributed by atoms with van der Waals surface area (Å²) in [6.45, 7) is 0.705. The summed E-state index contributed by atoms with van der Waals surface area (Å²) in [7, 11) is -8.60. The van der Waals surface area contributed by atoms with Gasteiger partial charge in [0.2, 0.25) is 5.95 Å². The van der Waals surface area contributed by atoms with Crippen molar-refractivity contribution < 1.29 is 52.0 Å². The molecule has 3 rings (SSSR count). The topological polar surface area (TPSA) is 251 Å². The number of nitrogens with two attached hydrogens (primary N) is 1. The van der Waals surface area contributed by atoms with Crippen LogP contribution in [-0.4, -0.2) is 95.8 Å². The Morgan fingerprint density at radius 1 is 1.14 bits per heavy atom. The molecule has 2 unspecified atom stereocenters. The van der Waals surface area contributed by atoms with Crippen LogP contribution in [0.1, 0.15) is 13.2 Å². The zero-order valence-electron chi connectivity index (χ0n) is 18.9. The minimum atomic E-state index is -4.53. The van der Waals surface area contributed by atoms with Gasteiger partial charge in [-0.1, -0.05) is 0 Å². The first kappa shape index (κ1) is 29.2. The number of aromatic amines is 1. The molecule has 1 aliphatic heterocycles. The second kappa shape index (κ2) is 12.4. The van der Waals surface area contributed by atoms with E-state index in [1.165, 1.54) is 22.7 Å². The van der Waals surface area contributed by atoms with Gasteiger partial charge in [0.05, 0.1) is 32.8 Å². The smallest absolute Gasteiger partial charge is 0.387 e. The molecule has 7 N–H and O–H groups in total. The highest BCUT2D eigenvalue weighted by Crippen LogP contribution is 2.45. The highest BCUT2D eigenvalue weighted by Gasteiger charge is 2.45. The number of thioether (sulfide) groups is 1. The maximum absolute atomic E-state index is 12.1. The summed E-state index contributed by atoms with van der Waals surface area (Å²) in [5.41, 5.74) is 4.89. The van der Waals surface area contributed by atoms with Gasteiger partial charge in [0.1, 0.15) is 18.3 Å². The van der Waals surface area contributed by atoms with Crippen LogP contribution in [0.2, 0.25) is 0 Å². The van der Waals surface area contributed by atoms with Gasteiger partial charge in [0.15, 0.2) is 17.4 Å². The van der Waals surface area contributed by atoms with E-state index in [1.54, 1.807) is 6.92 Å². The molecule has 2 aromatic heterocycles. The third kappa shape index (κ3) is 7.56. The zero-order valence-corrected chi connectivity index (χ0v) is 21.5. The van der Waals surface area contributed by atoms with Crippen LogP contribution in [0.5, 0.6) is 0 Å². The van der Waals surface area contributed by atoms with Gasteiger partial charge in [-0.25, -0.2) is 14.1 Å². The van der Waals surface area contributed by atoms with Crippen LogP contribution >= 0.6 is 27.4 Å². The van der Waals surface area contributed by atoms with Crippen LogP contribution in [0.3, 0.4) is 0 Å². The van der Waals surface area contributed by atoms with Gasteiger partial charge in [-0.3, -0.25) is 32.4 Å². The molecule has 17 nitrogen and oxygen atoms in total. The number of phosphoric ester groups is 2. The van der Waals surface area contributed by atoms with Crippen LogP contribution in [0.15, 0.2) is 11.1 Å². The Hall–Kier alpha value is -1.40. The van der Waals surface area contributed by atoms with Gasteiger partial charge in [-0.15, -0.1) is 0 Å².